The van der Waals surface area contributed by atoms with Crippen LogP contribution in [0.5, 0.6) is 0 Å². The van der Waals surface area contributed by atoms with E-state index in [2.05, 4.69) is 12.2 Å². The zero-order chi connectivity index (χ0) is 9.26. The quantitative estimate of drug-likeness (QED) is 0.660. The van der Waals surface area contributed by atoms with Crippen molar-refractivity contribution in [2.45, 2.75) is 44.8 Å². The SMILES string of the molecule is CCC1CCC2OCC(=O)NC2C1. The van der Waals surface area contributed by atoms with E-state index in [1.165, 1.54) is 12.8 Å². The Kier molecular flexibility index (Phi) is 2.54. The lowest BCUT2D eigenvalue weighted by Gasteiger charge is -2.39. The van der Waals surface area contributed by atoms with E-state index in [0.717, 1.165) is 18.8 Å². The van der Waals surface area contributed by atoms with Crippen molar-refractivity contribution >= 4 is 5.91 Å². The van der Waals surface area contributed by atoms with Crippen molar-refractivity contribution in [3.05, 3.63) is 0 Å². The van der Waals surface area contributed by atoms with Crippen molar-refractivity contribution in [2.75, 3.05) is 6.61 Å². The molecule has 0 aromatic heterocycles. The number of rotatable bonds is 1. The van der Waals surface area contributed by atoms with Crippen molar-refractivity contribution in [1.82, 2.24) is 5.32 Å². The molecule has 2 aliphatic rings. The van der Waals surface area contributed by atoms with E-state index in [1.807, 2.05) is 0 Å². The molecular formula is C10H17NO2. The summed E-state index contributed by atoms with van der Waals surface area (Å²) in [5.41, 5.74) is 0. The number of hydrogen-bond acceptors (Lipinski definition) is 2. The molecule has 1 amide bonds. The minimum atomic E-state index is 0.0537. The molecule has 0 radical (unpaired) electrons. The Morgan fingerprint density at radius 3 is 3.15 bits per heavy atom. The van der Waals surface area contributed by atoms with Crippen LogP contribution in [0.2, 0.25) is 0 Å². The van der Waals surface area contributed by atoms with Crippen LogP contribution in [0.3, 0.4) is 0 Å². The molecule has 1 saturated heterocycles. The Morgan fingerprint density at radius 2 is 2.38 bits per heavy atom. The lowest BCUT2D eigenvalue weighted by Crippen LogP contribution is -2.54. The van der Waals surface area contributed by atoms with Crippen LogP contribution >= 0.6 is 0 Å². The fourth-order valence-electron chi connectivity index (χ4n) is 2.38. The van der Waals surface area contributed by atoms with Gasteiger partial charge in [0.25, 0.3) is 0 Å². The summed E-state index contributed by atoms with van der Waals surface area (Å²) in [5.74, 6) is 0.834. The van der Waals surface area contributed by atoms with E-state index in [9.17, 15) is 4.79 Å². The highest BCUT2D eigenvalue weighted by Crippen LogP contribution is 2.29. The Morgan fingerprint density at radius 1 is 1.54 bits per heavy atom. The van der Waals surface area contributed by atoms with Crippen molar-refractivity contribution in [1.29, 1.82) is 0 Å². The maximum Gasteiger partial charge on any atom is 0.246 e. The normalized spacial score (nSPS) is 39.5. The zero-order valence-electron chi connectivity index (χ0n) is 8.08. The maximum atomic E-state index is 11.1. The van der Waals surface area contributed by atoms with Crippen LogP contribution in [-0.2, 0) is 9.53 Å². The Bertz CT molecular complexity index is 205. The summed E-state index contributed by atoms with van der Waals surface area (Å²) in [4.78, 5) is 11.1. The maximum absolute atomic E-state index is 11.1. The van der Waals surface area contributed by atoms with Gasteiger partial charge in [-0.25, -0.2) is 0 Å². The van der Waals surface area contributed by atoms with Crippen molar-refractivity contribution in [3.63, 3.8) is 0 Å². The van der Waals surface area contributed by atoms with Crippen molar-refractivity contribution < 1.29 is 9.53 Å². The van der Waals surface area contributed by atoms with Gasteiger partial charge in [-0.15, -0.1) is 0 Å². The molecule has 3 nitrogen and oxygen atoms in total. The van der Waals surface area contributed by atoms with Crippen LogP contribution in [0.15, 0.2) is 0 Å². The van der Waals surface area contributed by atoms with Gasteiger partial charge < -0.3 is 10.1 Å². The number of hydrogen-bond donors (Lipinski definition) is 1. The van der Waals surface area contributed by atoms with Crippen LogP contribution in [0.25, 0.3) is 0 Å². The van der Waals surface area contributed by atoms with Gasteiger partial charge in [0.15, 0.2) is 0 Å². The second-order valence-corrected chi connectivity index (χ2v) is 4.11. The molecule has 0 aromatic rings. The standard InChI is InChI=1S/C10H17NO2/c1-2-7-3-4-9-8(5-7)11-10(12)6-13-9/h7-9H,2-6H2,1H3,(H,11,12). The van der Waals surface area contributed by atoms with Crippen LogP contribution in [0.4, 0.5) is 0 Å². The second kappa shape index (κ2) is 3.66. The van der Waals surface area contributed by atoms with Gasteiger partial charge in [-0.2, -0.15) is 0 Å². The predicted molar refractivity (Wildman–Crippen MR) is 49.3 cm³/mol. The predicted octanol–water partition coefficient (Wildman–Crippen LogP) is 1.08. The molecule has 0 spiro atoms. The smallest absolute Gasteiger partial charge is 0.246 e. The highest BCUT2D eigenvalue weighted by Gasteiger charge is 2.34. The molecule has 2 rings (SSSR count). The van der Waals surface area contributed by atoms with E-state index in [0.29, 0.717) is 12.1 Å². The number of carbonyl (C=O) groups excluding carboxylic acids is 1. The fraction of sp³-hybridized carbons (Fsp3) is 0.900. The third-order valence-corrected chi connectivity index (χ3v) is 3.25. The molecule has 1 N–H and O–H groups in total. The minimum absolute atomic E-state index is 0.0537. The Hall–Kier alpha value is -0.570. The highest BCUT2D eigenvalue weighted by molar-refractivity contribution is 5.78. The summed E-state index contributed by atoms with van der Waals surface area (Å²) in [6, 6.07) is 0.292. The number of carbonyl (C=O) groups is 1. The third-order valence-electron chi connectivity index (χ3n) is 3.25. The van der Waals surface area contributed by atoms with Crippen LogP contribution in [0, 0.1) is 5.92 Å². The first-order valence-corrected chi connectivity index (χ1v) is 5.20. The van der Waals surface area contributed by atoms with Gasteiger partial charge in [0.05, 0.1) is 12.1 Å². The molecule has 13 heavy (non-hydrogen) atoms. The molecule has 74 valence electrons. The molecule has 3 unspecified atom stereocenters. The molecule has 3 atom stereocenters. The summed E-state index contributed by atoms with van der Waals surface area (Å²) < 4.78 is 5.47. The molecule has 0 aromatic carbocycles. The average Bonchev–Trinajstić information content (AvgIpc) is 2.16. The largest absolute Gasteiger partial charge is 0.366 e. The topological polar surface area (TPSA) is 38.3 Å². The van der Waals surface area contributed by atoms with Crippen LogP contribution in [-0.4, -0.2) is 24.7 Å². The summed E-state index contributed by atoms with van der Waals surface area (Å²) in [6.07, 6.45) is 4.99. The number of morpholine rings is 1. The monoisotopic (exact) mass is 183 g/mol. The number of amides is 1. The van der Waals surface area contributed by atoms with Gasteiger partial charge in [-0.1, -0.05) is 13.3 Å². The molecule has 0 bridgehead atoms. The summed E-state index contributed by atoms with van der Waals surface area (Å²) in [7, 11) is 0. The highest BCUT2D eigenvalue weighted by atomic mass is 16.5. The molecule has 1 aliphatic carbocycles. The summed E-state index contributed by atoms with van der Waals surface area (Å²) >= 11 is 0. The lowest BCUT2D eigenvalue weighted by molar-refractivity contribution is -0.139. The van der Waals surface area contributed by atoms with E-state index >= 15 is 0 Å². The van der Waals surface area contributed by atoms with Crippen LogP contribution in [0.1, 0.15) is 32.6 Å². The van der Waals surface area contributed by atoms with Gasteiger partial charge in [-0.3, -0.25) is 4.79 Å². The Labute approximate surface area is 78.8 Å². The van der Waals surface area contributed by atoms with Gasteiger partial charge in [0, 0.05) is 0 Å². The molecule has 1 aliphatic heterocycles. The van der Waals surface area contributed by atoms with Gasteiger partial charge in [-0.05, 0) is 25.2 Å². The first kappa shape index (κ1) is 9.00. The molecule has 1 heterocycles. The zero-order valence-corrected chi connectivity index (χ0v) is 8.08. The lowest BCUT2D eigenvalue weighted by atomic mass is 9.82. The van der Waals surface area contributed by atoms with Crippen molar-refractivity contribution in [2.24, 2.45) is 5.92 Å². The van der Waals surface area contributed by atoms with Gasteiger partial charge in [0.1, 0.15) is 6.61 Å². The van der Waals surface area contributed by atoms with Gasteiger partial charge in [0.2, 0.25) is 5.91 Å². The Balaban J connectivity index is 1.95. The van der Waals surface area contributed by atoms with Gasteiger partial charge >= 0.3 is 0 Å². The average molecular weight is 183 g/mol. The van der Waals surface area contributed by atoms with E-state index in [4.69, 9.17) is 4.74 Å². The van der Waals surface area contributed by atoms with Crippen LogP contribution < -0.4 is 5.32 Å². The minimum Gasteiger partial charge on any atom is -0.366 e. The molecule has 2 fully saturated rings. The number of fused-ring (bicyclic) bond motifs is 1. The van der Waals surface area contributed by atoms with E-state index in [1.54, 1.807) is 0 Å². The summed E-state index contributed by atoms with van der Waals surface area (Å²) in [5, 5.41) is 3.02. The fourth-order valence-corrected chi connectivity index (χ4v) is 2.38. The second-order valence-electron chi connectivity index (χ2n) is 4.11. The first-order chi connectivity index (χ1) is 6.29. The summed E-state index contributed by atoms with van der Waals surface area (Å²) in [6.45, 7) is 2.48. The number of nitrogens with one attached hydrogen (secondary N) is 1. The molecular weight excluding hydrogens is 166 g/mol. The number of ether oxygens (including phenoxy) is 1. The van der Waals surface area contributed by atoms with Crippen molar-refractivity contribution in [3.8, 4) is 0 Å². The molecule has 1 saturated carbocycles. The first-order valence-electron chi connectivity index (χ1n) is 5.20. The van der Waals surface area contributed by atoms with E-state index < -0.39 is 0 Å². The third kappa shape index (κ3) is 1.85. The van der Waals surface area contributed by atoms with E-state index in [-0.39, 0.29) is 12.5 Å². The molecule has 3 heteroatoms.